The summed E-state index contributed by atoms with van der Waals surface area (Å²) in [6.07, 6.45) is 3.63. The second kappa shape index (κ2) is 6.90. The third-order valence-corrected chi connectivity index (χ3v) is 3.59. The number of piperidine rings is 1. The second-order valence-electron chi connectivity index (χ2n) is 5.86. The molecular formula is C16H25FN2. The fraction of sp³-hybridized carbons (Fsp3) is 0.625. The fourth-order valence-corrected chi connectivity index (χ4v) is 2.56. The van der Waals surface area contributed by atoms with Crippen molar-refractivity contribution >= 4 is 5.69 Å². The van der Waals surface area contributed by atoms with Crippen LogP contribution in [0.1, 0.15) is 38.7 Å². The van der Waals surface area contributed by atoms with Crippen LogP contribution < -0.4 is 10.2 Å². The first-order valence-corrected chi connectivity index (χ1v) is 7.41. The highest BCUT2D eigenvalue weighted by molar-refractivity contribution is 5.49. The Balaban J connectivity index is 1.96. The van der Waals surface area contributed by atoms with Crippen LogP contribution in [0.4, 0.5) is 10.1 Å². The molecule has 0 radical (unpaired) electrons. The summed E-state index contributed by atoms with van der Waals surface area (Å²) in [5.41, 5.74) is 1.80. The monoisotopic (exact) mass is 264 g/mol. The summed E-state index contributed by atoms with van der Waals surface area (Å²) in [4.78, 5) is 2.17. The van der Waals surface area contributed by atoms with Crippen LogP contribution >= 0.6 is 0 Å². The fourth-order valence-electron chi connectivity index (χ4n) is 2.56. The number of hydrogen-bond acceptors (Lipinski definition) is 2. The summed E-state index contributed by atoms with van der Waals surface area (Å²) >= 11 is 0. The number of rotatable bonds is 5. The van der Waals surface area contributed by atoms with Gasteiger partial charge >= 0.3 is 0 Å². The van der Waals surface area contributed by atoms with Crippen LogP contribution in [0.3, 0.4) is 0 Å². The van der Waals surface area contributed by atoms with Gasteiger partial charge in [0.2, 0.25) is 0 Å². The molecule has 0 aliphatic carbocycles. The van der Waals surface area contributed by atoms with Gasteiger partial charge < -0.3 is 10.2 Å². The summed E-state index contributed by atoms with van der Waals surface area (Å²) in [5, 5.41) is 3.35. The molecule has 1 fully saturated rings. The van der Waals surface area contributed by atoms with E-state index in [1.165, 1.54) is 19.3 Å². The predicted octanol–water partition coefficient (Wildman–Crippen LogP) is 3.56. The molecule has 2 nitrogen and oxygen atoms in total. The molecule has 0 amide bonds. The van der Waals surface area contributed by atoms with Crippen LogP contribution in [0.2, 0.25) is 0 Å². The molecule has 0 unspecified atom stereocenters. The lowest BCUT2D eigenvalue weighted by Crippen LogP contribution is -2.30. The Morgan fingerprint density at radius 2 is 1.95 bits per heavy atom. The van der Waals surface area contributed by atoms with Crippen molar-refractivity contribution in [1.29, 1.82) is 0 Å². The number of nitrogens with zero attached hydrogens (tertiary/aromatic N) is 1. The number of anilines is 1. The van der Waals surface area contributed by atoms with Crippen molar-refractivity contribution in [2.24, 2.45) is 5.92 Å². The van der Waals surface area contributed by atoms with Gasteiger partial charge in [0.15, 0.2) is 0 Å². The molecule has 1 N–H and O–H groups in total. The Labute approximate surface area is 116 Å². The Bertz CT molecular complexity index is 398. The molecule has 1 aliphatic rings. The largest absolute Gasteiger partial charge is 0.369 e. The molecule has 0 bridgehead atoms. The van der Waals surface area contributed by atoms with Crippen LogP contribution in [0.25, 0.3) is 0 Å². The maximum atomic E-state index is 14.2. The zero-order chi connectivity index (χ0) is 13.7. The van der Waals surface area contributed by atoms with Crippen LogP contribution in [0, 0.1) is 11.7 Å². The van der Waals surface area contributed by atoms with Crippen molar-refractivity contribution in [3.63, 3.8) is 0 Å². The first-order valence-electron chi connectivity index (χ1n) is 7.41. The smallest absolute Gasteiger partial charge is 0.146 e. The standard InChI is InChI=1S/C16H25FN2/c1-13(2)11-18-12-14-6-7-16(15(17)10-14)19-8-4-3-5-9-19/h6-7,10,13,18H,3-5,8-9,11-12H2,1-2H3. The summed E-state index contributed by atoms with van der Waals surface area (Å²) in [5.74, 6) is 0.545. The highest BCUT2D eigenvalue weighted by Crippen LogP contribution is 2.24. The highest BCUT2D eigenvalue weighted by Gasteiger charge is 2.14. The molecule has 1 saturated heterocycles. The lowest BCUT2D eigenvalue weighted by Gasteiger charge is -2.29. The van der Waals surface area contributed by atoms with Gasteiger partial charge in [0.25, 0.3) is 0 Å². The van der Waals surface area contributed by atoms with Gasteiger partial charge in [0, 0.05) is 19.6 Å². The van der Waals surface area contributed by atoms with E-state index in [1.54, 1.807) is 6.07 Å². The normalized spacial score (nSPS) is 16.1. The summed E-state index contributed by atoms with van der Waals surface area (Å²) in [6, 6.07) is 5.66. The zero-order valence-electron chi connectivity index (χ0n) is 12.1. The molecule has 0 aromatic heterocycles. The van der Waals surface area contributed by atoms with Gasteiger partial charge in [-0.2, -0.15) is 0 Å². The summed E-state index contributed by atoms with van der Waals surface area (Å²) in [6.45, 7) is 8.04. The molecule has 0 spiro atoms. The molecule has 0 atom stereocenters. The summed E-state index contributed by atoms with van der Waals surface area (Å²) in [7, 11) is 0. The molecular weight excluding hydrogens is 239 g/mol. The van der Waals surface area contributed by atoms with E-state index < -0.39 is 0 Å². The van der Waals surface area contributed by atoms with E-state index in [1.807, 2.05) is 12.1 Å². The van der Waals surface area contributed by atoms with Crippen LogP contribution in [-0.2, 0) is 6.54 Å². The van der Waals surface area contributed by atoms with Gasteiger partial charge in [-0.25, -0.2) is 4.39 Å². The first-order chi connectivity index (χ1) is 9.16. The van der Waals surface area contributed by atoms with E-state index in [9.17, 15) is 4.39 Å². The van der Waals surface area contributed by atoms with Crippen LogP contribution in [0.15, 0.2) is 18.2 Å². The Morgan fingerprint density at radius 3 is 2.58 bits per heavy atom. The van der Waals surface area contributed by atoms with Crippen molar-refractivity contribution in [2.75, 3.05) is 24.5 Å². The SMILES string of the molecule is CC(C)CNCc1ccc(N2CCCCC2)c(F)c1. The molecule has 19 heavy (non-hydrogen) atoms. The predicted molar refractivity (Wildman–Crippen MR) is 79.0 cm³/mol. The van der Waals surface area contributed by atoms with Crippen molar-refractivity contribution in [2.45, 2.75) is 39.7 Å². The second-order valence-corrected chi connectivity index (χ2v) is 5.86. The molecule has 1 aromatic rings. The van der Waals surface area contributed by atoms with Gasteiger partial charge in [-0.05, 0) is 49.4 Å². The molecule has 0 saturated carbocycles. The van der Waals surface area contributed by atoms with Gasteiger partial charge in [-0.1, -0.05) is 19.9 Å². The minimum atomic E-state index is -0.0780. The number of nitrogens with one attached hydrogen (secondary N) is 1. The van der Waals surface area contributed by atoms with Gasteiger partial charge in [0.1, 0.15) is 5.82 Å². The van der Waals surface area contributed by atoms with Crippen LogP contribution in [-0.4, -0.2) is 19.6 Å². The molecule has 1 aromatic carbocycles. The zero-order valence-corrected chi connectivity index (χ0v) is 12.1. The van der Waals surface area contributed by atoms with Crippen molar-refractivity contribution in [3.05, 3.63) is 29.6 Å². The highest BCUT2D eigenvalue weighted by atomic mass is 19.1. The van der Waals surface area contributed by atoms with E-state index in [2.05, 4.69) is 24.1 Å². The number of benzene rings is 1. The average molecular weight is 264 g/mol. The van der Waals surface area contributed by atoms with Gasteiger partial charge in [-0.15, -0.1) is 0 Å². The lowest BCUT2D eigenvalue weighted by molar-refractivity contribution is 0.545. The first kappa shape index (κ1) is 14.3. The summed E-state index contributed by atoms with van der Waals surface area (Å²) < 4.78 is 14.2. The molecule has 1 aliphatic heterocycles. The quantitative estimate of drug-likeness (QED) is 0.874. The molecule has 3 heteroatoms. The van der Waals surface area contributed by atoms with E-state index >= 15 is 0 Å². The van der Waals surface area contributed by atoms with Crippen molar-refractivity contribution in [3.8, 4) is 0 Å². The average Bonchev–Trinajstić information content (AvgIpc) is 2.39. The van der Waals surface area contributed by atoms with E-state index in [0.29, 0.717) is 5.92 Å². The maximum absolute atomic E-state index is 14.2. The maximum Gasteiger partial charge on any atom is 0.146 e. The third kappa shape index (κ3) is 4.20. The van der Waals surface area contributed by atoms with E-state index in [4.69, 9.17) is 0 Å². The molecule has 106 valence electrons. The van der Waals surface area contributed by atoms with E-state index in [0.717, 1.165) is 37.4 Å². The Morgan fingerprint density at radius 1 is 1.21 bits per heavy atom. The molecule has 2 rings (SSSR count). The van der Waals surface area contributed by atoms with Crippen LogP contribution in [0.5, 0.6) is 0 Å². The Hall–Kier alpha value is -1.09. The lowest BCUT2D eigenvalue weighted by atomic mass is 10.1. The van der Waals surface area contributed by atoms with Gasteiger partial charge in [0.05, 0.1) is 5.69 Å². The van der Waals surface area contributed by atoms with E-state index in [-0.39, 0.29) is 5.82 Å². The topological polar surface area (TPSA) is 15.3 Å². The molecule has 1 heterocycles. The van der Waals surface area contributed by atoms with Crippen molar-refractivity contribution in [1.82, 2.24) is 5.32 Å². The minimum absolute atomic E-state index is 0.0780. The third-order valence-electron chi connectivity index (χ3n) is 3.59. The Kier molecular flexibility index (Phi) is 5.20. The number of hydrogen-bond donors (Lipinski definition) is 1. The van der Waals surface area contributed by atoms with Gasteiger partial charge in [-0.3, -0.25) is 0 Å². The number of halogens is 1. The van der Waals surface area contributed by atoms with Crippen molar-refractivity contribution < 1.29 is 4.39 Å². The minimum Gasteiger partial charge on any atom is -0.369 e.